The van der Waals surface area contributed by atoms with E-state index in [0.717, 1.165) is 5.69 Å². The van der Waals surface area contributed by atoms with E-state index in [-0.39, 0.29) is 17.5 Å². The Labute approximate surface area is 162 Å². The normalized spacial score (nSPS) is 10.3. The van der Waals surface area contributed by atoms with Gasteiger partial charge in [0.2, 0.25) is 0 Å². The number of amides is 2. The zero-order valence-electron chi connectivity index (χ0n) is 14.7. The summed E-state index contributed by atoms with van der Waals surface area (Å²) in [6, 6.07) is 19.2. The van der Waals surface area contributed by atoms with Gasteiger partial charge in [0.15, 0.2) is 0 Å². The van der Waals surface area contributed by atoms with Gasteiger partial charge in [-0.3, -0.25) is 14.6 Å². The second-order valence-corrected chi connectivity index (χ2v) is 6.21. The van der Waals surface area contributed by atoms with Gasteiger partial charge in [-0.25, -0.2) is 0 Å². The van der Waals surface area contributed by atoms with Gasteiger partial charge in [0.1, 0.15) is 5.69 Å². The summed E-state index contributed by atoms with van der Waals surface area (Å²) in [6.45, 7) is 2.38. The average molecular weight is 380 g/mol. The summed E-state index contributed by atoms with van der Waals surface area (Å²) in [5.74, 6) is -0.582. The molecule has 0 atom stereocenters. The molecule has 1 heterocycles. The Morgan fingerprint density at radius 3 is 2.41 bits per heavy atom. The van der Waals surface area contributed by atoms with Crippen LogP contribution in [0, 0.1) is 0 Å². The fraction of sp³-hybridized carbons (Fsp3) is 0.0952. The lowest BCUT2D eigenvalue weighted by molar-refractivity contribution is 0.0983. The fourth-order valence-corrected chi connectivity index (χ4v) is 2.74. The Morgan fingerprint density at radius 2 is 1.74 bits per heavy atom. The van der Waals surface area contributed by atoms with Crippen molar-refractivity contribution in [3.05, 3.63) is 89.2 Å². The van der Waals surface area contributed by atoms with E-state index in [0.29, 0.717) is 22.8 Å². The Balaban J connectivity index is 1.81. The van der Waals surface area contributed by atoms with Crippen LogP contribution in [-0.4, -0.2) is 23.3 Å². The highest BCUT2D eigenvalue weighted by Crippen LogP contribution is 2.17. The molecule has 0 unspecified atom stereocenters. The number of hydrogen-bond acceptors (Lipinski definition) is 3. The van der Waals surface area contributed by atoms with E-state index in [2.05, 4.69) is 10.3 Å². The zero-order chi connectivity index (χ0) is 19.2. The highest BCUT2D eigenvalue weighted by atomic mass is 35.5. The molecule has 0 fully saturated rings. The van der Waals surface area contributed by atoms with Crippen molar-refractivity contribution in [1.29, 1.82) is 0 Å². The van der Waals surface area contributed by atoms with Crippen molar-refractivity contribution in [2.24, 2.45) is 0 Å². The summed E-state index contributed by atoms with van der Waals surface area (Å²) < 4.78 is 0. The summed E-state index contributed by atoms with van der Waals surface area (Å²) in [4.78, 5) is 31.1. The Hall–Kier alpha value is -3.18. The molecule has 1 aromatic heterocycles. The van der Waals surface area contributed by atoms with Gasteiger partial charge in [-0.2, -0.15) is 0 Å². The third-order valence-electron chi connectivity index (χ3n) is 3.97. The molecule has 0 bridgehead atoms. The summed E-state index contributed by atoms with van der Waals surface area (Å²) in [5.41, 5.74) is 1.97. The van der Waals surface area contributed by atoms with E-state index in [1.54, 1.807) is 35.2 Å². The van der Waals surface area contributed by atoms with E-state index < -0.39 is 0 Å². The molecule has 2 amide bonds. The molecule has 5 nitrogen and oxygen atoms in total. The molecule has 0 aliphatic heterocycles. The molecule has 3 rings (SSSR count). The molecular formula is C21H18ClN3O2. The first kappa shape index (κ1) is 18.6. The molecule has 0 radical (unpaired) electrons. The minimum absolute atomic E-state index is 0.212. The average Bonchev–Trinajstić information content (AvgIpc) is 2.71. The van der Waals surface area contributed by atoms with E-state index >= 15 is 0 Å². The highest BCUT2D eigenvalue weighted by molar-refractivity contribution is 6.30. The van der Waals surface area contributed by atoms with Gasteiger partial charge >= 0.3 is 0 Å². The second-order valence-electron chi connectivity index (χ2n) is 5.78. The topological polar surface area (TPSA) is 62.3 Å². The number of halogens is 1. The molecule has 136 valence electrons. The number of aromatic nitrogens is 1. The van der Waals surface area contributed by atoms with Crippen molar-refractivity contribution >= 4 is 34.8 Å². The number of anilines is 2. The first-order valence-electron chi connectivity index (χ1n) is 8.48. The van der Waals surface area contributed by atoms with Crippen LogP contribution in [0.25, 0.3) is 0 Å². The third-order valence-corrected chi connectivity index (χ3v) is 4.22. The number of rotatable bonds is 5. The van der Waals surface area contributed by atoms with Gasteiger partial charge < -0.3 is 10.2 Å². The maximum absolute atomic E-state index is 12.9. The van der Waals surface area contributed by atoms with Gasteiger partial charge in [-0.05, 0) is 55.5 Å². The van der Waals surface area contributed by atoms with Crippen molar-refractivity contribution in [2.45, 2.75) is 6.92 Å². The Morgan fingerprint density at radius 1 is 1.04 bits per heavy atom. The Kier molecular flexibility index (Phi) is 5.84. The van der Waals surface area contributed by atoms with Crippen LogP contribution >= 0.6 is 11.6 Å². The van der Waals surface area contributed by atoms with Crippen molar-refractivity contribution in [3.8, 4) is 0 Å². The van der Waals surface area contributed by atoms with Crippen LogP contribution in [0.2, 0.25) is 5.02 Å². The first-order chi connectivity index (χ1) is 13.1. The van der Waals surface area contributed by atoms with E-state index in [1.165, 1.54) is 12.3 Å². The molecule has 0 saturated heterocycles. The van der Waals surface area contributed by atoms with Crippen molar-refractivity contribution in [3.63, 3.8) is 0 Å². The monoisotopic (exact) mass is 379 g/mol. The van der Waals surface area contributed by atoms with Gasteiger partial charge in [-0.1, -0.05) is 29.8 Å². The summed E-state index contributed by atoms with van der Waals surface area (Å²) in [7, 11) is 0. The fourth-order valence-electron chi connectivity index (χ4n) is 2.61. The molecule has 0 aliphatic carbocycles. The molecule has 0 spiro atoms. The number of carbonyl (C=O) groups is 2. The zero-order valence-corrected chi connectivity index (χ0v) is 15.5. The molecular weight excluding hydrogens is 362 g/mol. The highest BCUT2D eigenvalue weighted by Gasteiger charge is 2.18. The lowest BCUT2D eigenvalue weighted by atomic mass is 10.2. The van der Waals surface area contributed by atoms with Crippen LogP contribution in [0.3, 0.4) is 0 Å². The van der Waals surface area contributed by atoms with E-state index in [1.807, 2.05) is 37.3 Å². The van der Waals surface area contributed by atoms with Crippen LogP contribution in [0.15, 0.2) is 72.9 Å². The number of carbonyl (C=O) groups excluding carboxylic acids is 2. The molecule has 6 heteroatoms. The van der Waals surface area contributed by atoms with Crippen LogP contribution < -0.4 is 10.2 Å². The minimum atomic E-state index is -0.323. The standard InChI is InChI=1S/C21H18ClN3O2/c1-2-25(18-6-4-3-5-7-18)21(27)19-14-15(12-13-23-19)20(26)24-17-10-8-16(22)9-11-17/h3-14H,2H2,1H3,(H,24,26). The minimum Gasteiger partial charge on any atom is -0.322 e. The molecule has 3 aromatic rings. The van der Waals surface area contributed by atoms with E-state index in [4.69, 9.17) is 11.6 Å². The van der Waals surface area contributed by atoms with Gasteiger partial charge in [0.05, 0.1) is 0 Å². The van der Waals surface area contributed by atoms with Crippen LogP contribution in [0.4, 0.5) is 11.4 Å². The Bertz CT molecular complexity index is 943. The van der Waals surface area contributed by atoms with Crippen LogP contribution in [0.5, 0.6) is 0 Å². The summed E-state index contributed by atoms with van der Waals surface area (Å²) >= 11 is 5.85. The molecule has 0 saturated carbocycles. The molecule has 1 N–H and O–H groups in total. The van der Waals surface area contributed by atoms with Crippen molar-refractivity contribution < 1.29 is 9.59 Å². The van der Waals surface area contributed by atoms with Crippen molar-refractivity contribution in [2.75, 3.05) is 16.8 Å². The quantitative estimate of drug-likeness (QED) is 0.701. The first-order valence-corrected chi connectivity index (χ1v) is 8.86. The summed E-state index contributed by atoms with van der Waals surface area (Å²) in [6.07, 6.45) is 1.46. The lowest BCUT2D eigenvalue weighted by Crippen LogP contribution is -2.31. The number of pyridine rings is 1. The maximum atomic E-state index is 12.9. The van der Waals surface area contributed by atoms with Crippen molar-refractivity contribution in [1.82, 2.24) is 4.98 Å². The lowest BCUT2D eigenvalue weighted by Gasteiger charge is -2.20. The molecule has 0 aliphatic rings. The number of para-hydroxylation sites is 1. The number of hydrogen-bond donors (Lipinski definition) is 1. The predicted molar refractivity (Wildman–Crippen MR) is 107 cm³/mol. The molecule has 2 aromatic carbocycles. The SMILES string of the molecule is CCN(C(=O)c1cc(C(=O)Nc2ccc(Cl)cc2)ccn1)c1ccccc1. The molecule has 27 heavy (non-hydrogen) atoms. The summed E-state index contributed by atoms with van der Waals surface area (Å²) in [5, 5.41) is 3.36. The smallest absolute Gasteiger partial charge is 0.276 e. The maximum Gasteiger partial charge on any atom is 0.276 e. The van der Waals surface area contributed by atoms with Gasteiger partial charge in [-0.15, -0.1) is 0 Å². The van der Waals surface area contributed by atoms with E-state index in [9.17, 15) is 9.59 Å². The number of nitrogens with zero attached hydrogens (tertiary/aromatic N) is 2. The number of benzene rings is 2. The van der Waals surface area contributed by atoms with Crippen LogP contribution in [-0.2, 0) is 0 Å². The third kappa shape index (κ3) is 4.51. The van der Waals surface area contributed by atoms with Crippen LogP contribution in [0.1, 0.15) is 27.8 Å². The largest absolute Gasteiger partial charge is 0.322 e. The van der Waals surface area contributed by atoms with Gasteiger partial charge in [0.25, 0.3) is 11.8 Å². The van der Waals surface area contributed by atoms with Gasteiger partial charge in [0, 0.05) is 34.7 Å². The number of nitrogens with one attached hydrogen (secondary N) is 1. The predicted octanol–water partition coefficient (Wildman–Crippen LogP) is 4.65. The second kappa shape index (κ2) is 8.47.